The molecule has 2 fully saturated rings. The molecule has 0 aromatic heterocycles. The van der Waals surface area contributed by atoms with E-state index in [1.54, 1.807) is 0 Å². The first-order valence-electron chi connectivity index (χ1n) is 7.43. The molecule has 2 aliphatic rings. The number of nitrogens with two attached hydrogens (primary N) is 1. The predicted molar refractivity (Wildman–Crippen MR) is 74.8 cm³/mol. The van der Waals surface area contributed by atoms with Crippen LogP contribution in [0.4, 0.5) is 0 Å². The lowest BCUT2D eigenvalue weighted by Gasteiger charge is -2.40. The lowest BCUT2D eigenvalue weighted by molar-refractivity contribution is -0.148. The topological polar surface area (TPSA) is 58.8 Å². The Kier molecular flexibility index (Phi) is 5.19. The molecule has 1 atom stereocenters. The molecule has 2 rings (SSSR count). The van der Waals surface area contributed by atoms with Crippen LogP contribution in [0, 0.1) is 5.92 Å². The summed E-state index contributed by atoms with van der Waals surface area (Å²) in [6.45, 7) is 8.95. The zero-order chi connectivity index (χ0) is 13.8. The van der Waals surface area contributed by atoms with E-state index in [4.69, 9.17) is 10.5 Å². The van der Waals surface area contributed by atoms with Gasteiger partial charge in [-0.05, 0) is 45.7 Å². The van der Waals surface area contributed by atoms with Gasteiger partial charge in [-0.25, -0.2) is 0 Å². The second-order valence-corrected chi connectivity index (χ2v) is 6.02. The van der Waals surface area contributed by atoms with E-state index in [1.165, 1.54) is 12.8 Å². The SMILES string of the molecule is CC(C)N1CCC(CN2C(=O)COCC2CN)CC1. The van der Waals surface area contributed by atoms with Gasteiger partial charge in [-0.3, -0.25) is 4.79 Å². The Balaban J connectivity index is 1.85. The minimum atomic E-state index is 0.0735. The van der Waals surface area contributed by atoms with Gasteiger partial charge in [0.2, 0.25) is 5.91 Å². The highest BCUT2D eigenvalue weighted by Crippen LogP contribution is 2.21. The summed E-state index contributed by atoms with van der Waals surface area (Å²) >= 11 is 0. The summed E-state index contributed by atoms with van der Waals surface area (Å²) in [4.78, 5) is 16.4. The fourth-order valence-corrected chi connectivity index (χ4v) is 3.04. The molecule has 0 saturated carbocycles. The normalized spacial score (nSPS) is 27.3. The van der Waals surface area contributed by atoms with Gasteiger partial charge in [0.25, 0.3) is 0 Å². The van der Waals surface area contributed by atoms with Gasteiger partial charge >= 0.3 is 0 Å². The molecule has 5 heteroatoms. The molecule has 2 N–H and O–H groups in total. The third kappa shape index (κ3) is 3.68. The average molecular weight is 269 g/mol. The Morgan fingerprint density at radius 1 is 1.37 bits per heavy atom. The summed E-state index contributed by atoms with van der Waals surface area (Å²) in [6.07, 6.45) is 2.36. The van der Waals surface area contributed by atoms with Gasteiger partial charge in [0.15, 0.2) is 0 Å². The summed E-state index contributed by atoms with van der Waals surface area (Å²) in [7, 11) is 0. The predicted octanol–water partition coefficient (Wildman–Crippen LogP) is 0.293. The van der Waals surface area contributed by atoms with Crippen molar-refractivity contribution in [2.24, 2.45) is 11.7 Å². The minimum absolute atomic E-state index is 0.0735. The van der Waals surface area contributed by atoms with Crippen LogP contribution in [0.25, 0.3) is 0 Å². The van der Waals surface area contributed by atoms with Gasteiger partial charge < -0.3 is 20.3 Å². The summed E-state index contributed by atoms with van der Waals surface area (Å²) in [5, 5.41) is 0. The highest BCUT2D eigenvalue weighted by atomic mass is 16.5. The van der Waals surface area contributed by atoms with Gasteiger partial charge in [0.05, 0.1) is 12.6 Å². The summed E-state index contributed by atoms with van der Waals surface area (Å²) in [5.41, 5.74) is 5.74. The van der Waals surface area contributed by atoms with Crippen LogP contribution in [-0.4, -0.2) is 67.2 Å². The molecule has 5 nitrogen and oxygen atoms in total. The minimum Gasteiger partial charge on any atom is -0.369 e. The third-order valence-electron chi connectivity index (χ3n) is 4.40. The maximum absolute atomic E-state index is 11.9. The Bertz CT molecular complexity index is 301. The number of morpholine rings is 1. The van der Waals surface area contributed by atoms with Crippen molar-refractivity contribution >= 4 is 5.91 Å². The standard InChI is InChI=1S/C14H27N3O2/c1-11(2)16-5-3-12(4-6-16)8-17-13(7-15)9-19-10-14(17)18/h11-13H,3-10,15H2,1-2H3. The zero-order valence-corrected chi connectivity index (χ0v) is 12.2. The number of ether oxygens (including phenoxy) is 1. The van der Waals surface area contributed by atoms with E-state index in [9.17, 15) is 4.79 Å². The molecule has 0 aromatic carbocycles. The van der Waals surface area contributed by atoms with Crippen LogP contribution >= 0.6 is 0 Å². The molecule has 0 aliphatic carbocycles. The Morgan fingerprint density at radius 3 is 2.63 bits per heavy atom. The van der Waals surface area contributed by atoms with E-state index in [2.05, 4.69) is 18.7 Å². The number of hydrogen-bond donors (Lipinski definition) is 1. The molecule has 1 unspecified atom stereocenters. The number of piperidine rings is 1. The maximum Gasteiger partial charge on any atom is 0.248 e. The molecule has 0 spiro atoms. The lowest BCUT2D eigenvalue weighted by Crippen LogP contribution is -2.54. The molecule has 19 heavy (non-hydrogen) atoms. The summed E-state index contributed by atoms with van der Waals surface area (Å²) in [6, 6.07) is 0.701. The highest BCUT2D eigenvalue weighted by Gasteiger charge is 2.31. The van der Waals surface area contributed by atoms with E-state index in [1.807, 2.05) is 4.90 Å². The quantitative estimate of drug-likeness (QED) is 0.797. The Hall–Kier alpha value is -0.650. The maximum atomic E-state index is 11.9. The zero-order valence-electron chi connectivity index (χ0n) is 12.2. The van der Waals surface area contributed by atoms with E-state index < -0.39 is 0 Å². The van der Waals surface area contributed by atoms with Crippen molar-refractivity contribution in [3.05, 3.63) is 0 Å². The number of carbonyl (C=O) groups is 1. The van der Waals surface area contributed by atoms with Gasteiger partial charge in [0.1, 0.15) is 6.61 Å². The average Bonchev–Trinajstić information content (AvgIpc) is 2.41. The van der Waals surface area contributed by atoms with Crippen LogP contribution in [0.5, 0.6) is 0 Å². The van der Waals surface area contributed by atoms with Crippen molar-refractivity contribution in [2.75, 3.05) is 39.4 Å². The molecular formula is C14H27N3O2. The number of rotatable bonds is 4. The highest BCUT2D eigenvalue weighted by molar-refractivity contribution is 5.78. The molecule has 2 heterocycles. The van der Waals surface area contributed by atoms with Crippen molar-refractivity contribution in [2.45, 2.75) is 38.8 Å². The van der Waals surface area contributed by atoms with Gasteiger partial charge in [-0.15, -0.1) is 0 Å². The first-order valence-corrected chi connectivity index (χ1v) is 7.43. The molecule has 2 aliphatic heterocycles. The summed E-state index contributed by atoms with van der Waals surface area (Å²) < 4.78 is 5.27. The lowest BCUT2D eigenvalue weighted by atomic mass is 9.94. The molecule has 1 amide bonds. The number of carbonyl (C=O) groups excluding carboxylic acids is 1. The van der Waals surface area contributed by atoms with Crippen molar-refractivity contribution in [1.29, 1.82) is 0 Å². The first kappa shape index (κ1) is 14.8. The molecule has 0 radical (unpaired) electrons. The summed E-state index contributed by atoms with van der Waals surface area (Å²) in [5.74, 6) is 0.721. The van der Waals surface area contributed by atoms with Gasteiger partial charge in [-0.2, -0.15) is 0 Å². The van der Waals surface area contributed by atoms with Gasteiger partial charge in [0, 0.05) is 19.1 Å². The van der Waals surface area contributed by atoms with Crippen LogP contribution in [0.2, 0.25) is 0 Å². The largest absolute Gasteiger partial charge is 0.369 e. The molecule has 2 saturated heterocycles. The van der Waals surface area contributed by atoms with Crippen LogP contribution in [0.15, 0.2) is 0 Å². The van der Waals surface area contributed by atoms with Crippen molar-refractivity contribution < 1.29 is 9.53 Å². The number of amides is 1. The van der Waals surface area contributed by atoms with E-state index in [0.29, 0.717) is 25.1 Å². The second-order valence-electron chi connectivity index (χ2n) is 6.02. The third-order valence-corrected chi connectivity index (χ3v) is 4.40. The molecule has 0 bridgehead atoms. The van der Waals surface area contributed by atoms with Crippen molar-refractivity contribution in [1.82, 2.24) is 9.80 Å². The van der Waals surface area contributed by atoms with Crippen molar-refractivity contribution in [3.63, 3.8) is 0 Å². The van der Waals surface area contributed by atoms with Crippen LogP contribution in [-0.2, 0) is 9.53 Å². The fourth-order valence-electron chi connectivity index (χ4n) is 3.04. The fraction of sp³-hybridized carbons (Fsp3) is 0.929. The van der Waals surface area contributed by atoms with Gasteiger partial charge in [-0.1, -0.05) is 0 Å². The van der Waals surface area contributed by atoms with Crippen LogP contribution < -0.4 is 5.73 Å². The van der Waals surface area contributed by atoms with Crippen LogP contribution in [0.1, 0.15) is 26.7 Å². The second kappa shape index (κ2) is 6.68. The monoisotopic (exact) mass is 269 g/mol. The Morgan fingerprint density at radius 2 is 2.05 bits per heavy atom. The van der Waals surface area contributed by atoms with Crippen LogP contribution in [0.3, 0.4) is 0 Å². The van der Waals surface area contributed by atoms with E-state index in [-0.39, 0.29) is 18.6 Å². The molecule has 110 valence electrons. The van der Waals surface area contributed by atoms with Crippen molar-refractivity contribution in [3.8, 4) is 0 Å². The first-order chi connectivity index (χ1) is 9.11. The number of nitrogens with zero attached hydrogens (tertiary/aromatic N) is 2. The van der Waals surface area contributed by atoms with E-state index in [0.717, 1.165) is 19.6 Å². The number of likely N-dealkylation sites (tertiary alicyclic amines) is 1. The molecular weight excluding hydrogens is 242 g/mol. The Labute approximate surface area is 116 Å². The van der Waals surface area contributed by atoms with E-state index >= 15 is 0 Å². The molecule has 0 aromatic rings. The smallest absolute Gasteiger partial charge is 0.248 e. The number of hydrogen-bond acceptors (Lipinski definition) is 4.